The molecule has 1 aromatic carbocycles. The lowest BCUT2D eigenvalue weighted by molar-refractivity contribution is -0.193. The number of rotatable bonds is 5. The van der Waals surface area contributed by atoms with E-state index in [1.807, 2.05) is 4.90 Å². The van der Waals surface area contributed by atoms with Crippen molar-refractivity contribution < 1.29 is 27.5 Å². The quantitative estimate of drug-likeness (QED) is 0.471. The zero-order valence-electron chi connectivity index (χ0n) is 21.1. The van der Waals surface area contributed by atoms with Crippen molar-refractivity contribution in [2.75, 3.05) is 38.2 Å². The van der Waals surface area contributed by atoms with Gasteiger partial charge >= 0.3 is 6.18 Å². The predicted octanol–water partition coefficient (Wildman–Crippen LogP) is 3.78. The van der Waals surface area contributed by atoms with Crippen LogP contribution in [-0.2, 0) is 20.7 Å². The van der Waals surface area contributed by atoms with Gasteiger partial charge in [-0.05, 0) is 30.5 Å². The maximum atomic E-state index is 14.3. The Morgan fingerprint density at radius 1 is 1.21 bits per heavy atom. The van der Waals surface area contributed by atoms with Crippen LogP contribution in [0.4, 0.5) is 24.5 Å². The third-order valence-corrected chi connectivity index (χ3v) is 7.88. The number of carbonyl (C=O) groups is 2. The zero-order valence-corrected chi connectivity index (χ0v) is 21.8. The zero-order chi connectivity index (χ0) is 27.5. The number of ether oxygens (including phenoxy) is 1. The second-order valence-electron chi connectivity index (χ2n) is 10.2. The molecule has 0 aliphatic carbocycles. The number of carbonyl (C=O) groups excluding carboxylic acids is 2. The highest BCUT2D eigenvalue weighted by Gasteiger charge is 2.48. The molecule has 5 heterocycles. The number of hydrogen-bond donors (Lipinski definition) is 0. The van der Waals surface area contributed by atoms with Gasteiger partial charge in [-0.15, -0.1) is 0 Å². The topological polar surface area (TPSA) is 83.3 Å². The smallest absolute Gasteiger partial charge is 0.368 e. The maximum Gasteiger partial charge on any atom is 0.413 e. The van der Waals surface area contributed by atoms with Crippen molar-refractivity contribution >= 4 is 40.4 Å². The molecule has 0 unspecified atom stereocenters. The van der Waals surface area contributed by atoms with Gasteiger partial charge in [-0.25, -0.2) is 9.50 Å². The first-order valence-electron chi connectivity index (χ1n) is 12.8. The molecule has 39 heavy (non-hydrogen) atoms. The van der Waals surface area contributed by atoms with E-state index in [1.165, 1.54) is 24.1 Å². The Balaban J connectivity index is 1.20. The minimum atomic E-state index is -4.68. The number of amides is 2. The highest BCUT2D eigenvalue weighted by Crippen LogP contribution is 2.40. The Bertz CT molecular complexity index is 1420. The van der Waals surface area contributed by atoms with Crippen molar-refractivity contribution in [3.05, 3.63) is 52.9 Å². The minimum absolute atomic E-state index is 0.0399. The molecule has 206 valence electrons. The van der Waals surface area contributed by atoms with Crippen LogP contribution in [0.25, 0.3) is 5.65 Å². The molecule has 3 aliphatic heterocycles. The van der Waals surface area contributed by atoms with Crippen LogP contribution in [0, 0.1) is 5.92 Å². The summed E-state index contributed by atoms with van der Waals surface area (Å²) in [7, 11) is 1.17. The fourth-order valence-corrected chi connectivity index (χ4v) is 5.70. The van der Waals surface area contributed by atoms with Gasteiger partial charge in [0.05, 0.1) is 30.1 Å². The summed E-state index contributed by atoms with van der Waals surface area (Å²) in [4.78, 5) is 33.9. The van der Waals surface area contributed by atoms with Crippen LogP contribution in [0.1, 0.15) is 30.1 Å². The number of fused-ring (bicyclic) bond motifs is 3. The second kappa shape index (κ2) is 9.67. The third kappa shape index (κ3) is 4.59. The van der Waals surface area contributed by atoms with Crippen molar-refractivity contribution in [2.24, 2.45) is 5.92 Å². The normalized spacial score (nSPS) is 20.3. The highest BCUT2D eigenvalue weighted by atomic mass is 35.5. The van der Waals surface area contributed by atoms with Crippen LogP contribution in [0.15, 0.2) is 36.5 Å². The van der Waals surface area contributed by atoms with Gasteiger partial charge in [-0.2, -0.15) is 18.3 Å². The van der Waals surface area contributed by atoms with E-state index in [0.717, 1.165) is 29.1 Å². The summed E-state index contributed by atoms with van der Waals surface area (Å²) < 4.78 is 49.6. The minimum Gasteiger partial charge on any atom is -0.368 e. The number of nitrogens with zero attached hydrogens (tertiary/aromatic N) is 6. The average molecular weight is 563 g/mol. The van der Waals surface area contributed by atoms with E-state index in [2.05, 4.69) is 10.1 Å². The summed E-state index contributed by atoms with van der Waals surface area (Å²) in [5, 5.41) is 4.65. The number of aromatic nitrogens is 3. The van der Waals surface area contributed by atoms with Gasteiger partial charge in [0.25, 0.3) is 5.91 Å². The summed E-state index contributed by atoms with van der Waals surface area (Å²) in [6.07, 6.45) is -1.24. The van der Waals surface area contributed by atoms with Crippen molar-refractivity contribution in [2.45, 2.75) is 37.6 Å². The molecule has 0 saturated carbocycles. The molecular formula is C26H26ClF3N6O3. The molecule has 6 rings (SSSR count). The van der Waals surface area contributed by atoms with Crippen LogP contribution < -0.4 is 4.90 Å². The van der Waals surface area contributed by atoms with E-state index >= 15 is 0 Å². The first-order chi connectivity index (χ1) is 18.6. The SMILES string of the molecule is CN(C(=O)C1CN(C(=O)[C@H]2CCO2)C1)[C@@H](c1ccc(N2CCCc3c2cnc2cc(Cl)nn32)cc1)C(F)(F)F. The summed E-state index contributed by atoms with van der Waals surface area (Å²) in [6.45, 7) is 1.38. The molecule has 9 nitrogen and oxygen atoms in total. The largest absolute Gasteiger partial charge is 0.413 e. The van der Waals surface area contributed by atoms with Crippen LogP contribution in [-0.4, -0.2) is 81.8 Å². The van der Waals surface area contributed by atoms with Crippen LogP contribution >= 0.6 is 11.6 Å². The van der Waals surface area contributed by atoms with Gasteiger partial charge in [0.1, 0.15) is 6.10 Å². The van der Waals surface area contributed by atoms with Gasteiger partial charge in [0.2, 0.25) is 5.91 Å². The summed E-state index contributed by atoms with van der Waals surface area (Å²) in [6, 6.07) is 5.64. The molecule has 2 fully saturated rings. The molecule has 13 heteroatoms. The molecule has 2 amide bonds. The van der Waals surface area contributed by atoms with E-state index in [0.29, 0.717) is 36.1 Å². The summed E-state index contributed by atoms with van der Waals surface area (Å²) in [5.41, 5.74) is 3.05. The second-order valence-corrected chi connectivity index (χ2v) is 10.5. The summed E-state index contributed by atoms with van der Waals surface area (Å²) >= 11 is 6.06. The molecule has 0 spiro atoms. The number of aryl methyl sites for hydroxylation is 1. The fourth-order valence-electron chi connectivity index (χ4n) is 5.53. The molecule has 0 N–H and O–H groups in total. The maximum absolute atomic E-state index is 14.3. The Hall–Kier alpha value is -3.38. The Morgan fingerprint density at radius 3 is 2.56 bits per heavy atom. The van der Waals surface area contributed by atoms with Crippen LogP contribution in [0.5, 0.6) is 0 Å². The Labute approximate surface area is 227 Å². The first-order valence-corrected chi connectivity index (χ1v) is 13.1. The van der Waals surface area contributed by atoms with E-state index in [4.69, 9.17) is 16.3 Å². The molecule has 3 aliphatic rings. The van der Waals surface area contributed by atoms with Crippen molar-refractivity contribution in [3.63, 3.8) is 0 Å². The van der Waals surface area contributed by atoms with Crippen LogP contribution in [0.3, 0.4) is 0 Å². The van der Waals surface area contributed by atoms with Gasteiger partial charge in [0, 0.05) is 44.9 Å². The van der Waals surface area contributed by atoms with Gasteiger partial charge in [0.15, 0.2) is 16.8 Å². The number of halogens is 4. The molecule has 2 atom stereocenters. The monoisotopic (exact) mass is 562 g/mol. The molecule has 0 bridgehead atoms. The lowest BCUT2D eigenvalue weighted by atomic mass is 9.95. The van der Waals surface area contributed by atoms with Crippen molar-refractivity contribution in [1.82, 2.24) is 24.4 Å². The number of anilines is 2. The molecule has 3 aromatic rings. The van der Waals surface area contributed by atoms with E-state index in [-0.39, 0.29) is 24.6 Å². The molecular weight excluding hydrogens is 537 g/mol. The van der Waals surface area contributed by atoms with Gasteiger partial charge in [-0.1, -0.05) is 23.7 Å². The molecule has 0 radical (unpaired) electrons. The van der Waals surface area contributed by atoms with Crippen molar-refractivity contribution in [1.29, 1.82) is 0 Å². The van der Waals surface area contributed by atoms with Gasteiger partial charge in [-0.3, -0.25) is 9.59 Å². The lowest BCUT2D eigenvalue weighted by Gasteiger charge is -2.43. The number of hydrogen-bond acceptors (Lipinski definition) is 6. The van der Waals surface area contributed by atoms with Crippen molar-refractivity contribution in [3.8, 4) is 0 Å². The van der Waals surface area contributed by atoms with E-state index in [9.17, 15) is 22.8 Å². The van der Waals surface area contributed by atoms with E-state index < -0.39 is 30.1 Å². The summed E-state index contributed by atoms with van der Waals surface area (Å²) in [5.74, 6) is -1.52. The van der Waals surface area contributed by atoms with E-state index in [1.54, 1.807) is 28.9 Å². The first kappa shape index (κ1) is 25.9. The predicted molar refractivity (Wildman–Crippen MR) is 136 cm³/mol. The standard InChI is InChI=1S/C26H26ClF3N6O3/c1-33(24(37)16-13-34(14-16)25(38)20-8-10-39-20)23(26(28,29)30)15-4-6-17(7-5-15)35-9-2-3-18-19(35)12-31-22-11-21(27)32-36(18)22/h4-7,11-12,16,20,23H,2-3,8-10,13-14H2,1H3/t20-,23+/m1/s1. The number of likely N-dealkylation sites (tertiary alicyclic amines) is 1. The highest BCUT2D eigenvalue weighted by molar-refractivity contribution is 6.29. The average Bonchev–Trinajstić information content (AvgIpc) is 3.22. The third-order valence-electron chi connectivity index (χ3n) is 7.70. The Morgan fingerprint density at radius 2 is 1.92 bits per heavy atom. The fraction of sp³-hybridized carbons (Fsp3) is 0.462. The molecule has 2 aromatic heterocycles. The Kier molecular flexibility index (Phi) is 6.41. The number of benzene rings is 1. The van der Waals surface area contributed by atoms with Crippen LogP contribution in [0.2, 0.25) is 5.15 Å². The lowest BCUT2D eigenvalue weighted by Crippen LogP contribution is -2.60. The van der Waals surface area contributed by atoms with Gasteiger partial charge < -0.3 is 19.4 Å². The number of alkyl halides is 3. The molecule has 2 saturated heterocycles.